The number of phenols is 1. The molecule has 1 aliphatic heterocycles. The zero-order valence-electron chi connectivity index (χ0n) is 17.0. The lowest BCUT2D eigenvalue weighted by Crippen LogP contribution is -2.40. The van der Waals surface area contributed by atoms with Gasteiger partial charge in [0.1, 0.15) is 5.75 Å². The molecule has 2 aromatic carbocycles. The Labute approximate surface area is 178 Å². The Bertz CT molecular complexity index is 1090. The summed E-state index contributed by atoms with van der Waals surface area (Å²) in [5, 5.41) is 12.7. The Morgan fingerprint density at radius 2 is 1.65 bits per heavy atom. The molecule has 0 bridgehead atoms. The molecule has 3 amide bonds. The zero-order valence-corrected chi connectivity index (χ0v) is 17.0. The fourth-order valence-corrected chi connectivity index (χ4v) is 4.15. The highest BCUT2D eigenvalue weighted by Crippen LogP contribution is 2.32. The third kappa shape index (κ3) is 3.76. The Hall–Kier alpha value is -3.68. The van der Waals surface area contributed by atoms with Crippen LogP contribution in [-0.2, 0) is 4.74 Å². The molecule has 0 saturated heterocycles. The molecule has 8 heteroatoms. The third-order valence-corrected chi connectivity index (χ3v) is 5.79. The van der Waals surface area contributed by atoms with Crippen molar-refractivity contribution >= 4 is 29.4 Å². The summed E-state index contributed by atoms with van der Waals surface area (Å²) in [5.74, 6) is -2.15. The summed E-state index contributed by atoms with van der Waals surface area (Å²) in [6.07, 6.45) is 4.70. The fourth-order valence-electron chi connectivity index (χ4n) is 4.15. The van der Waals surface area contributed by atoms with Gasteiger partial charge < -0.3 is 15.2 Å². The number of nitrogens with zero attached hydrogens (tertiary/aromatic N) is 1. The first kappa shape index (κ1) is 20.6. The summed E-state index contributed by atoms with van der Waals surface area (Å²) in [7, 11) is 1.23. The molecule has 31 heavy (non-hydrogen) atoms. The fraction of sp³-hybridized carbons (Fsp3) is 0.304. The summed E-state index contributed by atoms with van der Waals surface area (Å²) >= 11 is 0. The van der Waals surface area contributed by atoms with E-state index in [4.69, 9.17) is 0 Å². The van der Waals surface area contributed by atoms with Gasteiger partial charge in [0, 0.05) is 11.6 Å². The number of carbonyl (C=O) groups excluding carboxylic acids is 4. The van der Waals surface area contributed by atoms with Gasteiger partial charge in [-0.15, -0.1) is 0 Å². The van der Waals surface area contributed by atoms with Crippen molar-refractivity contribution in [2.75, 3.05) is 12.4 Å². The molecule has 160 valence electrons. The van der Waals surface area contributed by atoms with Gasteiger partial charge in [-0.2, -0.15) is 0 Å². The third-order valence-electron chi connectivity index (χ3n) is 5.79. The number of rotatable bonds is 4. The highest BCUT2D eigenvalue weighted by molar-refractivity contribution is 6.22. The number of amides is 3. The van der Waals surface area contributed by atoms with E-state index in [1.165, 1.54) is 48.4 Å². The maximum absolute atomic E-state index is 12.9. The minimum absolute atomic E-state index is 0.0938. The maximum Gasteiger partial charge on any atom is 0.337 e. The molecule has 1 aliphatic carbocycles. The van der Waals surface area contributed by atoms with Gasteiger partial charge >= 0.3 is 5.97 Å². The molecule has 0 spiro atoms. The molecule has 2 N–H and O–H groups in total. The molecule has 1 saturated carbocycles. The van der Waals surface area contributed by atoms with E-state index in [0.717, 1.165) is 32.1 Å². The van der Waals surface area contributed by atoms with Gasteiger partial charge in [0.2, 0.25) is 0 Å². The lowest BCUT2D eigenvalue weighted by Gasteiger charge is -2.29. The number of benzene rings is 2. The molecule has 2 aromatic rings. The summed E-state index contributed by atoms with van der Waals surface area (Å²) < 4.78 is 4.59. The second-order valence-electron chi connectivity index (χ2n) is 7.71. The van der Waals surface area contributed by atoms with E-state index in [2.05, 4.69) is 10.1 Å². The van der Waals surface area contributed by atoms with Crippen LogP contribution in [-0.4, -0.2) is 46.8 Å². The molecule has 1 heterocycles. The van der Waals surface area contributed by atoms with E-state index >= 15 is 0 Å². The van der Waals surface area contributed by atoms with Crippen molar-refractivity contribution < 1.29 is 29.0 Å². The van der Waals surface area contributed by atoms with Crippen LogP contribution in [0.1, 0.15) is 73.5 Å². The minimum atomic E-state index is -0.613. The lowest BCUT2D eigenvalue weighted by molar-refractivity contribution is 0.0546. The van der Waals surface area contributed by atoms with Crippen molar-refractivity contribution in [3.05, 3.63) is 58.7 Å². The summed E-state index contributed by atoms with van der Waals surface area (Å²) in [5.41, 5.74) is 0.944. The van der Waals surface area contributed by atoms with Crippen molar-refractivity contribution in [3.8, 4) is 5.75 Å². The SMILES string of the molecule is COC(=O)c1ccc(NC(=O)c2ccc3c(c2)C(=O)N(C2CCCCC2)C3=O)c(O)c1. The zero-order chi connectivity index (χ0) is 22.1. The number of hydrogen-bond acceptors (Lipinski definition) is 6. The highest BCUT2D eigenvalue weighted by Gasteiger charge is 2.40. The normalized spacial score (nSPS) is 16.2. The number of methoxy groups -OCH3 is 1. The van der Waals surface area contributed by atoms with E-state index in [9.17, 15) is 24.3 Å². The standard InChI is InChI=1S/C23H22N2O6/c1-31-23(30)14-8-10-18(19(26)12-14)24-20(27)13-7-9-16-17(11-13)22(29)25(21(16)28)15-5-3-2-4-6-15/h7-12,15,26H,2-6H2,1H3,(H,24,27). The van der Waals surface area contributed by atoms with Crippen molar-refractivity contribution in [1.82, 2.24) is 4.90 Å². The maximum atomic E-state index is 12.9. The van der Waals surface area contributed by atoms with Crippen LogP contribution >= 0.6 is 0 Å². The number of hydrogen-bond donors (Lipinski definition) is 2. The average Bonchev–Trinajstić information content (AvgIpc) is 3.04. The second-order valence-corrected chi connectivity index (χ2v) is 7.71. The summed E-state index contributed by atoms with van der Waals surface area (Å²) in [6, 6.07) is 8.27. The van der Waals surface area contributed by atoms with Crippen LogP contribution in [0.15, 0.2) is 36.4 Å². The predicted octanol–water partition coefficient (Wildman–Crippen LogP) is 3.36. The number of ether oxygens (including phenoxy) is 1. The Kier molecular flexibility index (Phi) is 5.46. The smallest absolute Gasteiger partial charge is 0.337 e. The first-order chi connectivity index (χ1) is 14.9. The predicted molar refractivity (Wildman–Crippen MR) is 111 cm³/mol. The summed E-state index contributed by atoms with van der Waals surface area (Å²) in [6.45, 7) is 0. The van der Waals surface area contributed by atoms with Crippen LogP contribution in [0.25, 0.3) is 0 Å². The van der Waals surface area contributed by atoms with Crippen molar-refractivity contribution in [1.29, 1.82) is 0 Å². The Morgan fingerprint density at radius 1 is 0.968 bits per heavy atom. The van der Waals surface area contributed by atoms with Crippen LogP contribution in [0.3, 0.4) is 0 Å². The van der Waals surface area contributed by atoms with Gasteiger partial charge in [-0.1, -0.05) is 19.3 Å². The Morgan fingerprint density at radius 3 is 2.32 bits per heavy atom. The number of esters is 1. The molecule has 2 aliphatic rings. The lowest BCUT2D eigenvalue weighted by atomic mass is 9.94. The number of nitrogens with one attached hydrogen (secondary N) is 1. The molecule has 1 fully saturated rings. The van der Waals surface area contributed by atoms with Crippen LogP contribution in [0, 0.1) is 0 Å². The molecule has 0 aromatic heterocycles. The quantitative estimate of drug-likeness (QED) is 0.444. The Balaban J connectivity index is 1.54. The van der Waals surface area contributed by atoms with E-state index in [1.807, 2.05) is 0 Å². The van der Waals surface area contributed by atoms with Gasteiger partial charge in [0.05, 0.1) is 29.5 Å². The summed E-state index contributed by atoms with van der Waals surface area (Å²) in [4.78, 5) is 51.2. The van der Waals surface area contributed by atoms with Gasteiger partial charge in [0.25, 0.3) is 17.7 Å². The van der Waals surface area contributed by atoms with E-state index < -0.39 is 11.9 Å². The van der Waals surface area contributed by atoms with Gasteiger partial charge in [-0.25, -0.2) is 4.79 Å². The molecule has 0 atom stereocenters. The number of anilines is 1. The molecular weight excluding hydrogens is 400 g/mol. The topological polar surface area (TPSA) is 113 Å². The number of fused-ring (bicyclic) bond motifs is 1. The number of phenolic OH excluding ortho intramolecular Hbond substituents is 1. The van der Waals surface area contributed by atoms with Crippen molar-refractivity contribution in [2.24, 2.45) is 0 Å². The molecule has 0 radical (unpaired) electrons. The van der Waals surface area contributed by atoms with Gasteiger partial charge in [-0.05, 0) is 49.2 Å². The number of imide groups is 1. The second kappa shape index (κ2) is 8.22. The van der Waals surface area contributed by atoms with Crippen LogP contribution in [0.2, 0.25) is 0 Å². The number of aromatic hydroxyl groups is 1. The first-order valence-electron chi connectivity index (χ1n) is 10.2. The van der Waals surface area contributed by atoms with Crippen LogP contribution < -0.4 is 5.32 Å². The molecule has 4 rings (SSSR count). The minimum Gasteiger partial charge on any atom is -0.506 e. The first-order valence-corrected chi connectivity index (χ1v) is 10.2. The number of carbonyl (C=O) groups is 4. The van der Waals surface area contributed by atoms with Gasteiger partial charge in [-0.3, -0.25) is 19.3 Å². The van der Waals surface area contributed by atoms with E-state index in [-0.39, 0.29) is 46.0 Å². The monoisotopic (exact) mass is 422 g/mol. The van der Waals surface area contributed by atoms with Crippen LogP contribution in [0.5, 0.6) is 5.75 Å². The highest BCUT2D eigenvalue weighted by atomic mass is 16.5. The van der Waals surface area contributed by atoms with Gasteiger partial charge in [0.15, 0.2) is 0 Å². The average molecular weight is 422 g/mol. The largest absolute Gasteiger partial charge is 0.506 e. The van der Waals surface area contributed by atoms with Crippen molar-refractivity contribution in [2.45, 2.75) is 38.1 Å². The van der Waals surface area contributed by atoms with E-state index in [0.29, 0.717) is 5.56 Å². The molecular formula is C23H22N2O6. The van der Waals surface area contributed by atoms with E-state index in [1.54, 1.807) is 0 Å². The molecule has 0 unspecified atom stereocenters. The molecule has 8 nitrogen and oxygen atoms in total. The van der Waals surface area contributed by atoms with Crippen molar-refractivity contribution in [3.63, 3.8) is 0 Å². The van der Waals surface area contributed by atoms with Crippen LogP contribution in [0.4, 0.5) is 5.69 Å².